The number of carbonyl (C=O) groups is 3. The van der Waals surface area contributed by atoms with Gasteiger partial charge in [-0.2, -0.15) is 0 Å². The van der Waals surface area contributed by atoms with Gasteiger partial charge in [-0.25, -0.2) is 9.59 Å². The SMILES string of the molecule is CCOC(=O)COc1ccccc1[C@H]1NC(=O)NC(C)=C1C(=O)Nc1ccccc1OC. The van der Waals surface area contributed by atoms with Crippen LogP contribution in [-0.2, 0) is 14.3 Å². The van der Waals surface area contributed by atoms with Gasteiger partial charge in [0, 0.05) is 11.3 Å². The van der Waals surface area contributed by atoms with Gasteiger partial charge in [-0.15, -0.1) is 0 Å². The Labute approximate surface area is 185 Å². The number of carbonyl (C=O) groups excluding carboxylic acids is 3. The van der Waals surface area contributed by atoms with E-state index in [0.717, 1.165) is 0 Å². The topological polar surface area (TPSA) is 115 Å². The average Bonchev–Trinajstić information content (AvgIpc) is 2.78. The van der Waals surface area contributed by atoms with Crippen LogP contribution in [0.15, 0.2) is 59.8 Å². The monoisotopic (exact) mass is 439 g/mol. The highest BCUT2D eigenvalue weighted by Gasteiger charge is 2.33. The number of methoxy groups -OCH3 is 1. The fourth-order valence-electron chi connectivity index (χ4n) is 3.36. The van der Waals surface area contributed by atoms with Crippen LogP contribution >= 0.6 is 0 Å². The molecule has 0 fully saturated rings. The molecule has 0 saturated heterocycles. The Balaban J connectivity index is 1.93. The van der Waals surface area contributed by atoms with Crippen molar-refractivity contribution in [2.24, 2.45) is 0 Å². The zero-order chi connectivity index (χ0) is 23.1. The van der Waals surface area contributed by atoms with Crippen LogP contribution in [0.4, 0.5) is 10.5 Å². The molecule has 0 spiro atoms. The van der Waals surface area contributed by atoms with Gasteiger partial charge < -0.3 is 30.2 Å². The van der Waals surface area contributed by atoms with Gasteiger partial charge in [0.1, 0.15) is 11.5 Å². The molecule has 2 aromatic rings. The van der Waals surface area contributed by atoms with Gasteiger partial charge >= 0.3 is 12.0 Å². The lowest BCUT2D eigenvalue weighted by Gasteiger charge is -2.29. The van der Waals surface area contributed by atoms with Crippen molar-refractivity contribution in [3.63, 3.8) is 0 Å². The zero-order valence-corrected chi connectivity index (χ0v) is 18.1. The molecule has 9 nitrogen and oxygen atoms in total. The predicted octanol–water partition coefficient (Wildman–Crippen LogP) is 2.90. The number of anilines is 1. The van der Waals surface area contributed by atoms with Gasteiger partial charge in [0.2, 0.25) is 0 Å². The average molecular weight is 439 g/mol. The first-order chi connectivity index (χ1) is 15.4. The molecule has 3 amide bonds. The minimum atomic E-state index is -0.808. The van der Waals surface area contributed by atoms with E-state index in [2.05, 4.69) is 16.0 Å². The molecule has 0 aliphatic carbocycles. The van der Waals surface area contributed by atoms with E-state index in [4.69, 9.17) is 14.2 Å². The molecule has 1 aliphatic rings. The second kappa shape index (κ2) is 10.3. The normalized spacial score (nSPS) is 15.3. The van der Waals surface area contributed by atoms with E-state index in [1.165, 1.54) is 7.11 Å². The Morgan fingerprint density at radius 2 is 1.75 bits per heavy atom. The summed E-state index contributed by atoms with van der Waals surface area (Å²) >= 11 is 0. The quantitative estimate of drug-likeness (QED) is 0.545. The second-order valence-corrected chi connectivity index (χ2v) is 6.86. The van der Waals surface area contributed by atoms with Crippen molar-refractivity contribution in [3.8, 4) is 11.5 Å². The Morgan fingerprint density at radius 3 is 2.47 bits per heavy atom. The van der Waals surface area contributed by atoms with Gasteiger partial charge in [-0.1, -0.05) is 30.3 Å². The molecule has 0 bridgehead atoms. The van der Waals surface area contributed by atoms with Gasteiger partial charge in [0.15, 0.2) is 6.61 Å². The van der Waals surface area contributed by atoms with E-state index in [9.17, 15) is 14.4 Å². The molecule has 0 saturated carbocycles. The van der Waals surface area contributed by atoms with Crippen molar-refractivity contribution >= 4 is 23.6 Å². The lowest BCUT2D eigenvalue weighted by atomic mass is 9.94. The summed E-state index contributed by atoms with van der Waals surface area (Å²) in [6.45, 7) is 3.29. The van der Waals surface area contributed by atoms with Crippen LogP contribution in [0, 0.1) is 0 Å². The second-order valence-electron chi connectivity index (χ2n) is 6.86. The maximum absolute atomic E-state index is 13.3. The van der Waals surface area contributed by atoms with Crippen molar-refractivity contribution in [2.75, 3.05) is 25.6 Å². The van der Waals surface area contributed by atoms with Crippen molar-refractivity contribution in [1.29, 1.82) is 0 Å². The largest absolute Gasteiger partial charge is 0.495 e. The van der Waals surface area contributed by atoms with Gasteiger partial charge in [-0.3, -0.25) is 4.79 Å². The first-order valence-electron chi connectivity index (χ1n) is 10.0. The molecular weight excluding hydrogens is 414 g/mol. The summed E-state index contributed by atoms with van der Waals surface area (Å²) < 4.78 is 15.8. The number of benzene rings is 2. The minimum Gasteiger partial charge on any atom is -0.495 e. The summed E-state index contributed by atoms with van der Waals surface area (Å²) in [7, 11) is 1.51. The Kier molecular flexibility index (Phi) is 7.33. The summed E-state index contributed by atoms with van der Waals surface area (Å²) in [6.07, 6.45) is 0. The van der Waals surface area contributed by atoms with Crippen LogP contribution in [0.2, 0.25) is 0 Å². The van der Waals surface area contributed by atoms with Crippen LogP contribution in [0.25, 0.3) is 0 Å². The van der Waals surface area contributed by atoms with Gasteiger partial charge in [-0.05, 0) is 32.0 Å². The molecular formula is C23H25N3O6. The zero-order valence-electron chi connectivity index (χ0n) is 18.1. The molecule has 1 heterocycles. The number of hydrogen-bond donors (Lipinski definition) is 3. The molecule has 1 aliphatic heterocycles. The molecule has 9 heteroatoms. The van der Waals surface area contributed by atoms with E-state index in [-0.39, 0.29) is 13.2 Å². The van der Waals surface area contributed by atoms with E-state index in [1.54, 1.807) is 62.4 Å². The molecule has 0 unspecified atom stereocenters. The number of nitrogens with one attached hydrogen (secondary N) is 3. The number of esters is 1. The number of allylic oxidation sites excluding steroid dienone is 1. The van der Waals surface area contributed by atoms with Crippen molar-refractivity contribution < 1.29 is 28.6 Å². The molecule has 32 heavy (non-hydrogen) atoms. The maximum Gasteiger partial charge on any atom is 0.344 e. The number of hydrogen-bond acceptors (Lipinski definition) is 6. The standard InChI is InChI=1S/C23H25N3O6/c1-4-31-19(27)13-32-17-11-7-5-9-15(17)21-20(14(2)24-23(29)26-21)22(28)25-16-10-6-8-12-18(16)30-3/h5-12,21H,4,13H2,1-3H3,(H,25,28)(H2,24,26,29)/t21-/m1/s1. The summed E-state index contributed by atoms with van der Waals surface area (Å²) in [4.78, 5) is 37.2. The van der Waals surface area contributed by atoms with E-state index in [1.807, 2.05) is 0 Å². The summed E-state index contributed by atoms with van der Waals surface area (Å²) in [5, 5.41) is 8.23. The van der Waals surface area contributed by atoms with Crippen molar-refractivity contribution in [1.82, 2.24) is 10.6 Å². The van der Waals surface area contributed by atoms with E-state index < -0.39 is 23.9 Å². The Morgan fingerprint density at radius 1 is 1.06 bits per heavy atom. The molecule has 0 radical (unpaired) electrons. The van der Waals surface area contributed by atoms with Crippen LogP contribution in [0.5, 0.6) is 11.5 Å². The van der Waals surface area contributed by atoms with Crippen LogP contribution in [0.3, 0.4) is 0 Å². The molecule has 168 valence electrons. The van der Waals surface area contributed by atoms with Gasteiger partial charge in [0.05, 0.1) is 31.0 Å². The third kappa shape index (κ3) is 5.18. The number of para-hydroxylation sites is 3. The Bertz CT molecular complexity index is 1050. The highest BCUT2D eigenvalue weighted by molar-refractivity contribution is 6.07. The lowest BCUT2D eigenvalue weighted by molar-refractivity contribution is -0.145. The first kappa shape index (κ1) is 22.7. The highest BCUT2D eigenvalue weighted by atomic mass is 16.6. The van der Waals surface area contributed by atoms with Crippen LogP contribution < -0.4 is 25.4 Å². The summed E-state index contributed by atoms with van der Waals surface area (Å²) in [6, 6.07) is 12.6. The summed E-state index contributed by atoms with van der Waals surface area (Å²) in [5.41, 5.74) is 1.70. The number of ether oxygens (including phenoxy) is 3. The van der Waals surface area contributed by atoms with Crippen molar-refractivity contribution in [3.05, 3.63) is 65.4 Å². The number of amides is 3. The van der Waals surface area contributed by atoms with Crippen LogP contribution in [-0.4, -0.2) is 38.2 Å². The fourth-order valence-corrected chi connectivity index (χ4v) is 3.36. The lowest BCUT2D eigenvalue weighted by Crippen LogP contribution is -2.46. The summed E-state index contributed by atoms with van der Waals surface area (Å²) in [5.74, 6) is -0.0908. The molecule has 2 aromatic carbocycles. The molecule has 0 aromatic heterocycles. The highest BCUT2D eigenvalue weighted by Crippen LogP contribution is 2.34. The number of rotatable bonds is 8. The van der Waals surface area contributed by atoms with E-state index in [0.29, 0.717) is 34.0 Å². The Hall–Kier alpha value is -4.01. The predicted molar refractivity (Wildman–Crippen MR) is 117 cm³/mol. The third-order valence-corrected chi connectivity index (χ3v) is 4.75. The molecule has 3 rings (SSSR count). The minimum absolute atomic E-state index is 0.239. The molecule has 3 N–H and O–H groups in total. The van der Waals surface area contributed by atoms with Gasteiger partial charge in [0.25, 0.3) is 5.91 Å². The third-order valence-electron chi connectivity index (χ3n) is 4.75. The van der Waals surface area contributed by atoms with E-state index >= 15 is 0 Å². The fraction of sp³-hybridized carbons (Fsp3) is 0.261. The maximum atomic E-state index is 13.3. The van der Waals surface area contributed by atoms with Crippen LogP contribution in [0.1, 0.15) is 25.5 Å². The van der Waals surface area contributed by atoms with Crippen molar-refractivity contribution in [2.45, 2.75) is 19.9 Å². The molecule has 1 atom stereocenters. The smallest absolute Gasteiger partial charge is 0.344 e. The first-order valence-corrected chi connectivity index (χ1v) is 10.0. The number of urea groups is 1.